The zero-order valence-corrected chi connectivity index (χ0v) is 15.6. The maximum absolute atomic E-state index is 12.9. The van der Waals surface area contributed by atoms with Crippen LogP contribution in [0.5, 0.6) is 0 Å². The van der Waals surface area contributed by atoms with E-state index in [4.69, 9.17) is 0 Å². The van der Waals surface area contributed by atoms with Gasteiger partial charge < -0.3 is 10.2 Å². The standard InChI is InChI=1S/C21H25N3O/c1-13-16(12-22)19(14-6-8-15(9-7-14)24(4)5)20-17(23-13)10-21(2,3)11-18(20)25/h6-9,19,23H,10-11H2,1-5H3. The van der Waals surface area contributed by atoms with Crippen molar-refractivity contribution in [3.8, 4) is 6.07 Å². The number of benzene rings is 1. The molecule has 1 aliphatic heterocycles. The number of allylic oxidation sites excluding steroid dienone is 4. The summed E-state index contributed by atoms with van der Waals surface area (Å²) in [6.07, 6.45) is 1.36. The van der Waals surface area contributed by atoms with Gasteiger partial charge in [0.05, 0.1) is 17.6 Å². The number of ketones is 1. The van der Waals surface area contributed by atoms with Crippen LogP contribution in [0.3, 0.4) is 0 Å². The summed E-state index contributed by atoms with van der Waals surface area (Å²) in [7, 11) is 4.00. The van der Waals surface area contributed by atoms with Crippen molar-refractivity contribution in [2.24, 2.45) is 5.41 Å². The van der Waals surface area contributed by atoms with Gasteiger partial charge in [-0.3, -0.25) is 4.79 Å². The van der Waals surface area contributed by atoms with E-state index in [0.29, 0.717) is 12.0 Å². The summed E-state index contributed by atoms with van der Waals surface area (Å²) in [4.78, 5) is 15.0. The molecule has 1 aromatic rings. The fourth-order valence-electron chi connectivity index (χ4n) is 3.88. The molecule has 0 amide bonds. The van der Waals surface area contributed by atoms with E-state index in [0.717, 1.165) is 34.6 Å². The molecule has 1 N–H and O–H groups in total. The third kappa shape index (κ3) is 3.07. The molecule has 0 spiro atoms. The highest BCUT2D eigenvalue weighted by Gasteiger charge is 2.40. The van der Waals surface area contributed by atoms with Crippen molar-refractivity contribution in [1.29, 1.82) is 5.26 Å². The van der Waals surface area contributed by atoms with Crippen LogP contribution in [0.25, 0.3) is 0 Å². The van der Waals surface area contributed by atoms with Gasteiger partial charge in [0.2, 0.25) is 0 Å². The van der Waals surface area contributed by atoms with Crippen LogP contribution < -0.4 is 10.2 Å². The number of Topliss-reactive ketones (excluding diaryl/α,β-unsaturated/α-hetero) is 1. The van der Waals surface area contributed by atoms with Crippen molar-refractivity contribution in [3.63, 3.8) is 0 Å². The minimum absolute atomic E-state index is 0.0489. The molecule has 25 heavy (non-hydrogen) atoms. The summed E-state index contributed by atoms with van der Waals surface area (Å²) in [6.45, 7) is 6.17. The molecule has 1 aromatic carbocycles. The van der Waals surface area contributed by atoms with Gasteiger partial charge in [-0.1, -0.05) is 26.0 Å². The van der Waals surface area contributed by atoms with Gasteiger partial charge in [0.25, 0.3) is 0 Å². The topological polar surface area (TPSA) is 56.1 Å². The van der Waals surface area contributed by atoms with Crippen LogP contribution >= 0.6 is 0 Å². The van der Waals surface area contributed by atoms with Gasteiger partial charge in [-0.05, 0) is 36.5 Å². The third-order valence-electron chi connectivity index (χ3n) is 5.10. The Morgan fingerprint density at radius 2 is 1.84 bits per heavy atom. The molecule has 0 bridgehead atoms. The van der Waals surface area contributed by atoms with E-state index >= 15 is 0 Å². The summed E-state index contributed by atoms with van der Waals surface area (Å²) in [5, 5.41) is 13.1. The molecule has 1 atom stereocenters. The van der Waals surface area contributed by atoms with E-state index in [1.807, 2.05) is 50.2 Å². The Balaban J connectivity index is 2.12. The Labute approximate surface area is 149 Å². The maximum atomic E-state index is 12.9. The predicted octanol–water partition coefficient (Wildman–Crippen LogP) is 3.88. The van der Waals surface area contributed by atoms with Gasteiger partial charge in [-0.15, -0.1) is 0 Å². The SMILES string of the molecule is CC1=C(C#N)C(c2ccc(N(C)C)cc2)C2=C(CC(C)(C)CC2=O)N1. The van der Waals surface area contributed by atoms with Gasteiger partial charge in [0, 0.05) is 43.2 Å². The summed E-state index contributed by atoms with van der Waals surface area (Å²) in [5.41, 5.74) is 5.31. The molecule has 4 heteroatoms. The number of rotatable bonds is 2. The first kappa shape index (κ1) is 17.3. The normalized spacial score (nSPS) is 22.2. The molecule has 1 aliphatic carbocycles. The smallest absolute Gasteiger partial charge is 0.162 e. The summed E-state index contributed by atoms with van der Waals surface area (Å²) in [5.74, 6) is -0.109. The van der Waals surface area contributed by atoms with E-state index in [-0.39, 0.29) is 17.1 Å². The second-order valence-electron chi connectivity index (χ2n) is 8.03. The summed E-state index contributed by atoms with van der Waals surface area (Å²) in [6, 6.07) is 10.5. The van der Waals surface area contributed by atoms with E-state index in [1.165, 1.54) is 0 Å². The molecule has 1 unspecified atom stereocenters. The number of hydrogen-bond donors (Lipinski definition) is 1. The summed E-state index contributed by atoms with van der Waals surface area (Å²) >= 11 is 0. The van der Waals surface area contributed by atoms with Gasteiger partial charge >= 0.3 is 0 Å². The van der Waals surface area contributed by atoms with Crippen molar-refractivity contribution >= 4 is 11.5 Å². The molecule has 3 rings (SSSR count). The lowest BCUT2D eigenvalue weighted by Crippen LogP contribution is -2.36. The lowest BCUT2D eigenvalue weighted by Gasteiger charge is -2.38. The summed E-state index contributed by atoms with van der Waals surface area (Å²) < 4.78 is 0. The Kier molecular flexibility index (Phi) is 4.20. The van der Waals surface area contributed by atoms with Crippen molar-refractivity contribution in [2.75, 3.05) is 19.0 Å². The Hall–Kier alpha value is -2.54. The number of dihydropyridines is 1. The van der Waals surface area contributed by atoms with Gasteiger partial charge in [0.1, 0.15) is 0 Å². The van der Waals surface area contributed by atoms with Crippen molar-refractivity contribution in [1.82, 2.24) is 5.32 Å². The predicted molar refractivity (Wildman–Crippen MR) is 100 cm³/mol. The monoisotopic (exact) mass is 335 g/mol. The zero-order chi connectivity index (χ0) is 18.4. The fourth-order valence-corrected chi connectivity index (χ4v) is 3.88. The van der Waals surface area contributed by atoms with Crippen molar-refractivity contribution in [2.45, 2.75) is 39.5 Å². The van der Waals surface area contributed by atoms with Crippen LogP contribution in [0, 0.1) is 16.7 Å². The molecule has 130 valence electrons. The van der Waals surface area contributed by atoms with Crippen LogP contribution in [0.2, 0.25) is 0 Å². The van der Waals surface area contributed by atoms with Crippen molar-refractivity contribution < 1.29 is 4.79 Å². The molecule has 4 nitrogen and oxygen atoms in total. The molecule has 0 saturated carbocycles. The van der Waals surface area contributed by atoms with E-state index in [2.05, 4.69) is 25.2 Å². The van der Waals surface area contributed by atoms with Crippen LogP contribution in [-0.2, 0) is 4.79 Å². The number of carbonyl (C=O) groups is 1. The van der Waals surface area contributed by atoms with Crippen LogP contribution in [0.15, 0.2) is 46.8 Å². The fraction of sp³-hybridized carbons (Fsp3) is 0.429. The first-order chi connectivity index (χ1) is 11.7. The van der Waals surface area contributed by atoms with Crippen LogP contribution in [0.4, 0.5) is 5.69 Å². The Morgan fingerprint density at radius 1 is 1.20 bits per heavy atom. The molecular weight excluding hydrogens is 310 g/mol. The number of nitrogens with one attached hydrogen (secondary N) is 1. The highest BCUT2D eigenvalue weighted by Crippen LogP contribution is 2.46. The number of anilines is 1. The first-order valence-electron chi connectivity index (χ1n) is 8.65. The second kappa shape index (κ2) is 6.07. The Bertz CT molecular complexity index is 820. The number of nitrogens with zero attached hydrogens (tertiary/aromatic N) is 2. The average molecular weight is 335 g/mol. The van der Waals surface area contributed by atoms with Crippen molar-refractivity contribution in [3.05, 3.63) is 52.4 Å². The molecule has 2 aliphatic rings. The van der Waals surface area contributed by atoms with Crippen LogP contribution in [-0.4, -0.2) is 19.9 Å². The first-order valence-corrected chi connectivity index (χ1v) is 8.65. The highest BCUT2D eigenvalue weighted by atomic mass is 16.1. The third-order valence-corrected chi connectivity index (χ3v) is 5.10. The molecule has 0 aromatic heterocycles. The molecule has 0 fully saturated rings. The lowest BCUT2D eigenvalue weighted by atomic mass is 9.69. The minimum atomic E-state index is -0.263. The van der Waals surface area contributed by atoms with Gasteiger partial charge in [-0.2, -0.15) is 5.26 Å². The van der Waals surface area contributed by atoms with Gasteiger partial charge in [-0.25, -0.2) is 0 Å². The van der Waals surface area contributed by atoms with E-state index in [9.17, 15) is 10.1 Å². The molecular formula is C21H25N3O. The zero-order valence-electron chi connectivity index (χ0n) is 15.6. The molecule has 1 heterocycles. The number of carbonyl (C=O) groups excluding carboxylic acids is 1. The minimum Gasteiger partial charge on any atom is -0.378 e. The quantitative estimate of drug-likeness (QED) is 0.891. The average Bonchev–Trinajstić information content (AvgIpc) is 2.52. The van der Waals surface area contributed by atoms with Crippen LogP contribution in [0.1, 0.15) is 45.1 Å². The maximum Gasteiger partial charge on any atom is 0.162 e. The highest BCUT2D eigenvalue weighted by molar-refractivity contribution is 6.00. The lowest BCUT2D eigenvalue weighted by molar-refractivity contribution is -0.118. The van der Waals surface area contributed by atoms with Gasteiger partial charge in [0.15, 0.2) is 5.78 Å². The number of hydrogen-bond acceptors (Lipinski definition) is 4. The molecule has 0 saturated heterocycles. The number of nitriles is 1. The second-order valence-corrected chi connectivity index (χ2v) is 8.03. The molecule has 0 radical (unpaired) electrons. The largest absolute Gasteiger partial charge is 0.378 e. The Morgan fingerprint density at radius 3 is 2.40 bits per heavy atom. The van der Waals surface area contributed by atoms with E-state index < -0.39 is 0 Å². The van der Waals surface area contributed by atoms with E-state index in [1.54, 1.807) is 0 Å².